The number of nitrogens with two attached hydrogens (primary N) is 1. The number of hydrogen-bond acceptors (Lipinski definition) is 7. The summed E-state index contributed by atoms with van der Waals surface area (Å²) in [5, 5.41) is 3.24. The van der Waals surface area contributed by atoms with E-state index in [2.05, 4.69) is 10.2 Å². The summed E-state index contributed by atoms with van der Waals surface area (Å²) in [5.74, 6) is 0.131. The molecule has 3 N–H and O–H groups in total. The van der Waals surface area contributed by atoms with Crippen molar-refractivity contribution in [3.05, 3.63) is 22.7 Å². The molecule has 35 heavy (non-hydrogen) atoms. The maximum absolute atomic E-state index is 13.1. The summed E-state index contributed by atoms with van der Waals surface area (Å²) in [6, 6.07) is 2.58. The zero-order chi connectivity index (χ0) is 25.5. The lowest BCUT2D eigenvalue weighted by Crippen LogP contribution is -2.56. The molecule has 0 aromatic heterocycles. The van der Waals surface area contributed by atoms with Crippen LogP contribution in [-0.4, -0.2) is 98.7 Å². The van der Waals surface area contributed by atoms with Crippen LogP contribution in [0.1, 0.15) is 42.5 Å². The highest BCUT2D eigenvalue weighted by Gasteiger charge is 2.34. The van der Waals surface area contributed by atoms with Crippen LogP contribution in [0.25, 0.3) is 0 Å². The van der Waals surface area contributed by atoms with E-state index in [9.17, 15) is 14.4 Å². The van der Waals surface area contributed by atoms with E-state index in [0.717, 1.165) is 38.9 Å². The summed E-state index contributed by atoms with van der Waals surface area (Å²) in [6.07, 6.45) is 2.97. The van der Waals surface area contributed by atoms with Crippen molar-refractivity contribution in [3.8, 4) is 5.75 Å². The fourth-order valence-electron chi connectivity index (χ4n) is 4.44. The number of nitrogen functional groups attached to an aromatic ring is 1. The van der Waals surface area contributed by atoms with Gasteiger partial charge in [0.15, 0.2) is 0 Å². The number of halogens is 1. The Morgan fingerprint density at radius 3 is 2.57 bits per heavy atom. The van der Waals surface area contributed by atoms with Gasteiger partial charge in [-0.05, 0) is 38.3 Å². The van der Waals surface area contributed by atoms with Gasteiger partial charge in [0, 0.05) is 52.8 Å². The van der Waals surface area contributed by atoms with E-state index in [1.807, 2.05) is 4.90 Å². The van der Waals surface area contributed by atoms with Crippen molar-refractivity contribution >= 4 is 35.2 Å². The standard InChI is InChI=1S/C24H36ClN5O5/c1-28(2)24(33)35-21-15-29(9-6-7-22(31)30-10-4-5-11-30)12-8-19(21)27-23(32)16-13-17(25)18(26)14-20(16)34-3/h13-14,19,21H,4-12,15,26H2,1-3H3,(H,27,32)/t19-,21+/m0/s1. The Kier molecular flexibility index (Phi) is 9.45. The Morgan fingerprint density at radius 1 is 1.20 bits per heavy atom. The lowest BCUT2D eigenvalue weighted by Gasteiger charge is -2.38. The van der Waals surface area contributed by atoms with Crippen LogP contribution >= 0.6 is 11.6 Å². The smallest absolute Gasteiger partial charge is 0.409 e. The zero-order valence-corrected chi connectivity index (χ0v) is 21.5. The highest BCUT2D eigenvalue weighted by atomic mass is 35.5. The van der Waals surface area contributed by atoms with Crippen molar-refractivity contribution in [2.75, 3.05) is 59.7 Å². The molecule has 2 heterocycles. The summed E-state index contributed by atoms with van der Waals surface area (Å²) < 4.78 is 11.0. The Hall–Kier alpha value is -2.72. The van der Waals surface area contributed by atoms with Gasteiger partial charge in [-0.25, -0.2) is 4.79 Å². The van der Waals surface area contributed by atoms with Crippen LogP contribution in [0.4, 0.5) is 10.5 Å². The zero-order valence-electron chi connectivity index (χ0n) is 20.7. The molecule has 2 fully saturated rings. The molecule has 2 atom stereocenters. The molecule has 2 aliphatic rings. The number of nitrogens with one attached hydrogen (secondary N) is 1. The number of ether oxygens (including phenoxy) is 2. The average molecular weight is 510 g/mol. The number of hydrogen-bond donors (Lipinski definition) is 2. The van der Waals surface area contributed by atoms with Crippen LogP contribution in [0.2, 0.25) is 5.02 Å². The second-order valence-corrected chi connectivity index (χ2v) is 9.66. The fourth-order valence-corrected chi connectivity index (χ4v) is 4.61. The van der Waals surface area contributed by atoms with Crippen LogP contribution in [-0.2, 0) is 9.53 Å². The fraction of sp³-hybridized carbons (Fsp3) is 0.625. The van der Waals surface area contributed by atoms with Crippen molar-refractivity contribution < 1.29 is 23.9 Å². The molecule has 0 unspecified atom stereocenters. The quantitative estimate of drug-likeness (QED) is 0.516. The van der Waals surface area contributed by atoms with Gasteiger partial charge in [-0.2, -0.15) is 0 Å². The average Bonchev–Trinajstić information content (AvgIpc) is 3.37. The molecule has 1 aromatic rings. The molecule has 11 heteroatoms. The molecule has 0 radical (unpaired) electrons. The SMILES string of the molecule is COc1cc(N)c(Cl)cc1C(=O)N[C@H]1CCN(CCCC(=O)N2CCCC2)C[C@H]1OC(=O)N(C)C. The minimum atomic E-state index is -0.549. The van der Waals surface area contributed by atoms with Gasteiger partial charge in [0.1, 0.15) is 11.9 Å². The first-order valence-corrected chi connectivity index (χ1v) is 12.4. The van der Waals surface area contributed by atoms with E-state index in [-0.39, 0.29) is 22.4 Å². The minimum absolute atomic E-state index is 0.205. The van der Waals surface area contributed by atoms with Crippen molar-refractivity contribution in [2.45, 2.75) is 44.2 Å². The number of amides is 3. The Bertz CT molecular complexity index is 922. The van der Waals surface area contributed by atoms with Gasteiger partial charge >= 0.3 is 6.09 Å². The largest absolute Gasteiger partial charge is 0.496 e. The van der Waals surface area contributed by atoms with E-state index in [1.54, 1.807) is 14.1 Å². The number of rotatable bonds is 8. The lowest BCUT2D eigenvalue weighted by molar-refractivity contribution is -0.130. The Morgan fingerprint density at radius 2 is 1.91 bits per heavy atom. The van der Waals surface area contributed by atoms with E-state index in [4.69, 9.17) is 26.8 Å². The Balaban J connectivity index is 1.62. The summed E-state index contributed by atoms with van der Waals surface area (Å²) in [5.41, 5.74) is 6.40. The predicted molar refractivity (Wildman–Crippen MR) is 134 cm³/mol. The highest BCUT2D eigenvalue weighted by Crippen LogP contribution is 2.29. The number of nitrogens with zero attached hydrogens (tertiary/aromatic N) is 3. The van der Waals surface area contributed by atoms with Crippen molar-refractivity contribution in [1.29, 1.82) is 0 Å². The first kappa shape index (κ1) is 26.9. The summed E-state index contributed by atoms with van der Waals surface area (Å²) in [7, 11) is 4.68. The molecule has 0 saturated carbocycles. The van der Waals surface area contributed by atoms with Crippen molar-refractivity contribution in [3.63, 3.8) is 0 Å². The number of anilines is 1. The number of likely N-dealkylation sites (tertiary alicyclic amines) is 2. The van der Waals surface area contributed by atoms with Gasteiger partial charge < -0.3 is 30.3 Å². The van der Waals surface area contributed by atoms with E-state index in [0.29, 0.717) is 37.4 Å². The third-order valence-electron chi connectivity index (χ3n) is 6.46. The molecule has 0 bridgehead atoms. The van der Waals surface area contributed by atoms with E-state index >= 15 is 0 Å². The monoisotopic (exact) mass is 509 g/mol. The molecule has 3 rings (SSSR count). The molecule has 10 nitrogen and oxygen atoms in total. The van der Waals surface area contributed by atoms with Gasteiger partial charge in [0.05, 0.1) is 29.4 Å². The molecular weight excluding hydrogens is 474 g/mol. The third-order valence-corrected chi connectivity index (χ3v) is 6.79. The first-order valence-electron chi connectivity index (χ1n) is 12.0. The number of methoxy groups -OCH3 is 1. The van der Waals surface area contributed by atoms with Crippen LogP contribution in [0, 0.1) is 0 Å². The van der Waals surface area contributed by atoms with Crippen LogP contribution in [0.3, 0.4) is 0 Å². The lowest BCUT2D eigenvalue weighted by atomic mass is 10.00. The molecule has 3 amide bonds. The second-order valence-electron chi connectivity index (χ2n) is 9.25. The molecule has 194 valence electrons. The third kappa shape index (κ3) is 7.14. The highest BCUT2D eigenvalue weighted by molar-refractivity contribution is 6.33. The molecule has 2 saturated heterocycles. The van der Waals surface area contributed by atoms with Gasteiger partial charge in [0.25, 0.3) is 5.91 Å². The molecule has 0 spiro atoms. The maximum Gasteiger partial charge on any atom is 0.409 e. The Labute approximate surface area is 211 Å². The summed E-state index contributed by atoms with van der Waals surface area (Å²) >= 11 is 6.12. The second kappa shape index (κ2) is 12.3. The normalized spacial score (nSPS) is 20.4. The van der Waals surface area contributed by atoms with Gasteiger partial charge in [-0.3, -0.25) is 14.5 Å². The van der Waals surface area contributed by atoms with Gasteiger partial charge in [-0.15, -0.1) is 0 Å². The van der Waals surface area contributed by atoms with Gasteiger partial charge in [0.2, 0.25) is 5.91 Å². The van der Waals surface area contributed by atoms with Crippen LogP contribution in [0.5, 0.6) is 5.75 Å². The molecule has 1 aromatic carbocycles. The summed E-state index contributed by atoms with van der Waals surface area (Å²) in [4.78, 5) is 43.2. The van der Waals surface area contributed by atoms with Crippen molar-refractivity contribution in [1.82, 2.24) is 20.0 Å². The van der Waals surface area contributed by atoms with E-state index in [1.165, 1.54) is 24.1 Å². The van der Waals surface area contributed by atoms with Gasteiger partial charge in [-0.1, -0.05) is 11.6 Å². The molecular formula is C24H36ClN5O5. The summed E-state index contributed by atoms with van der Waals surface area (Å²) in [6.45, 7) is 3.60. The topological polar surface area (TPSA) is 117 Å². The number of benzene rings is 1. The van der Waals surface area contributed by atoms with Crippen LogP contribution in [0.15, 0.2) is 12.1 Å². The number of carbonyl (C=O) groups excluding carboxylic acids is 3. The van der Waals surface area contributed by atoms with Crippen molar-refractivity contribution in [2.24, 2.45) is 0 Å². The predicted octanol–water partition coefficient (Wildman–Crippen LogP) is 2.20. The first-order chi connectivity index (χ1) is 16.7. The molecule has 2 aliphatic heterocycles. The maximum atomic E-state index is 13.1. The van der Waals surface area contributed by atoms with E-state index < -0.39 is 18.2 Å². The van der Waals surface area contributed by atoms with Crippen LogP contribution < -0.4 is 15.8 Å². The minimum Gasteiger partial charge on any atom is -0.496 e. The molecule has 0 aliphatic carbocycles. The number of piperidine rings is 1. The number of carbonyl (C=O) groups is 3.